The van der Waals surface area contributed by atoms with Crippen molar-refractivity contribution in [1.29, 1.82) is 0 Å². The Hall–Kier alpha value is -5.20. The molecule has 4 amide bonds. The molecule has 6 rings (SSSR count). The highest BCUT2D eigenvalue weighted by Gasteiger charge is 2.51. The first kappa shape index (κ1) is 30.8. The summed E-state index contributed by atoms with van der Waals surface area (Å²) in [6.07, 6.45) is 2.78. The number of aromatic nitrogens is 2. The van der Waals surface area contributed by atoms with Gasteiger partial charge in [0.2, 0.25) is 11.8 Å². The molecule has 238 valence electrons. The van der Waals surface area contributed by atoms with Gasteiger partial charge in [-0.2, -0.15) is 5.10 Å². The van der Waals surface area contributed by atoms with Gasteiger partial charge in [0.15, 0.2) is 0 Å². The molecule has 0 spiro atoms. The number of nitrogens with one attached hydrogen (secondary N) is 1. The van der Waals surface area contributed by atoms with E-state index in [1.54, 1.807) is 61.0 Å². The van der Waals surface area contributed by atoms with Gasteiger partial charge in [0.25, 0.3) is 0 Å². The molecule has 0 bridgehead atoms. The quantitative estimate of drug-likeness (QED) is 0.231. The van der Waals surface area contributed by atoms with Crippen molar-refractivity contribution in [2.45, 2.75) is 38.3 Å². The molecular formula is C34H37N7O5. The Kier molecular flexibility index (Phi) is 8.99. The normalized spacial score (nSPS) is 18.6. The van der Waals surface area contributed by atoms with Crippen LogP contribution in [0.15, 0.2) is 91.6 Å². The maximum atomic E-state index is 14.4. The van der Waals surface area contributed by atoms with Crippen LogP contribution in [0.4, 0.5) is 4.79 Å². The molecule has 0 aliphatic carbocycles. The van der Waals surface area contributed by atoms with Crippen LogP contribution in [0.5, 0.6) is 5.75 Å². The smallest absolute Gasteiger partial charge is 0.334 e. The first-order valence-electron chi connectivity index (χ1n) is 15.3. The number of aliphatic hydroxyl groups is 1. The fourth-order valence-electron chi connectivity index (χ4n) is 6.37. The second-order valence-corrected chi connectivity index (χ2v) is 11.5. The number of carbonyl (C=O) groups excluding carboxylic acids is 3. The summed E-state index contributed by atoms with van der Waals surface area (Å²) in [5.41, 5.74) is 3.33. The van der Waals surface area contributed by atoms with Crippen molar-refractivity contribution in [3.8, 4) is 5.75 Å². The summed E-state index contributed by atoms with van der Waals surface area (Å²) in [6.45, 7) is 4.78. The van der Waals surface area contributed by atoms with E-state index in [4.69, 9.17) is 0 Å². The number of phenolic OH excluding ortho intramolecular Hbond substituents is 1. The van der Waals surface area contributed by atoms with E-state index in [0.29, 0.717) is 6.54 Å². The molecule has 2 atom stereocenters. The molecule has 2 saturated heterocycles. The Balaban J connectivity index is 1.38. The summed E-state index contributed by atoms with van der Waals surface area (Å²) in [7, 11) is 0. The number of rotatable bonds is 10. The van der Waals surface area contributed by atoms with Gasteiger partial charge in [0.05, 0.1) is 38.0 Å². The van der Waals surface area contributed by atoms with Gasteiger partial charge in [-0.15, -0.1) is 6.58 Å². The van der Waals surface area contributed by atoms with E-state index in [1.165, 1.54) is 0 Å². The van der Waals surface area contributed by atoms with Crippen LogP contribution in [0.2, 0.25) is 0 Å². The highest BCUT2D eigenvalue weighted by molar-refractivity contribution is 5.92. The van der Waals surface area contributed by atoms with Crippen LogP contribution < -0.4 is 5.32 Å². The molecule has 0 saturated carbocycles. The van der Waals surface area contributed by atoms with E-state index in [2.05, 4.69) is 17.0 Å². The van der Waals surface area contributed by atoms with Crippen molar-refractivity contribution in [1.82, 2.24) is 34.9 Å². The molecule has 4 aromatic rings. The van der Waals surface area contributed by atoms with Crippen molar-refractivity contribution in [2.24, 2.45) is 0 Å². The molecule has 2 aliphatic heterocycles. The Morgan fingerprint density at radius 2 is 1.80 bits per heavy atom. The molecule has 2 aliphatic rings. The van der Waals surface area contributed by atoms with Crippen LogP contribution in [-0.2, 0) is 35.6 Å². The van der Waals surface area contributed by atoms with E-state index in [-0.39, 0.29) is 63.3 Å². The van der Waals surface area contributed by atoms with Crippen LogP contribution >= 0.6 is 0 Å². The van der Waals surface area contributed by atoms with Crippen LogP contribution in [0.3, 0.4) is 0 Å². The average molecular weight is 624 g/mol. The summed E-state index contributed by atoms with van der Waals surface area (Å²) in [6, 6.07) is 20.6. The molecule has 0 radical (unpaired) electrons. The van der Waals surface area contributed by atoms with Gasteiger partial charge in [0.1, 0.15) is 18.0 Å². The van der Waals surface area contributed by atoms with Crippen molar-refractivity contribution >= 4 is 28.7 Å². The summed E-state index contributed by atoms with van der Waals surface area (Å²) < 4.78 is 1.72. The number of benzene rings is 3. The molecule has 3 heterocycles. The number of piperazine rings is 1. The summed E-state index contributed by atoms with van der Waals surface area (Å²) in [5, 5.41) is 31.0. The number of para-hydroxylation sites is 1. The van der Waals surface area contributed by atoms with Gasteiger partial charge in [0, 0.05) is 31.4 Å². The zero-order valence-electron chi connectivity index (χ0n) is 25.4. The lowest BCUT2D eigenvalue weighted by Gasteiger charge is -2.55. The van der Waals surface area contributed by atoms with Crippen LogP contribution in [0, 0.1) is 0 Å². The zero-order valence-corrected chi connectivity index (χ0v) is 25.4. The van der Waals surface area contributed by atoms with Gasteiger partial charge in [-0.25, -0.2) is 14.8 Å². The third-order valence-corrected chi connectivity index (χ3v) is 8.45. The predicted molar refractivity (Wildman–Crippen MR) is 171 cm³/mol. The van der Waals surface area contributed by atoms with Crippen LogP contribution in [0.1, 0.15) is 16.7 Å². The SMILES string of the molecule is C=CCN1CC(=O)N2[C@@H](Cc3ccc(O)cc3)C(=O)N(Cc3cccc4cnn(CCO)c34)C[C@@H]2N1C(=O)NCc1ccccc1. The largest absolute Gasteiger partial charge is 0.508 e. The summed E-state index contributed by atoms with van der Waals surface area (Å²) in [5.74, 6) is -0.412. The lowest BCUT2D eigenvalue weighted by Crippen LogP contribution is -2.76. The van der Waals surface area contributed by atoms with E-state index in [0.717, 1.165) is 27.6 Å². The molecule has 12 nitrogen and oxygen atoms in total. The standard InChI is InChI=1S/C34H37N7O5/c1-2-15-38-23-31(44)40-29(18-24-11-13-28(43)14-12-24)33(45)37(21-27-10-6-9-26-20-36-39(16-17-42)32(26)27)22-30(40)41(38)34(46)35-19-25-7-4-3-5-8-25/h2-14,20,29-30,42-43H,1,15-19,21-23H2,(H,35,46)/t29-,30-/m0/s1. The van der Waals surface area contributed by atoms with Crippen molar-refractivity contribution in [3.63, 3.8) is 0 Å². The number of hydrazine groups is 1. The Morgan fingerprint density at radius 1 is 1.02 bits per heavy atom. The van der Waals surface area contributed by atoms with Crippen LogP contribution in [-0.4, -0.2) is 96.1 Å². The predicted octanol–water partition coefficient (Wildman–Crippen LogP) is 2.47. The molecule has 0 unspecified atom stereocenters. The summed E-state index contributed by atoms with van der Waals surface area (Å²) >= 11 is 0. The molecular weight excluding hydrogens is 586 g/mol. The number of amides is 4. The second-order valence-electron chi connectivity index (χ2n) is 11.5. The third kappa shape index (κ3) is 6.17. The molecule has 1 aromatic heterocycles. The van der Waals surface area contributed by atoms with Crippen molar-refractivity contribution < 1.29 is 24.6 Å². The lowest BCUT2D eigenvalue weighted by molar-refractivity contribution is -0.189. The van der Waals surface area contributed by atoms with Gasteiger partial charge in [-0.05, 0) is 28.8 Å². The number of urea groups is 1. The number of carbonyl (C=O) groups is 3. The second kappa shape index (κ2) is 13.4. The zero-order chi connectivity index (χ0) is 32.2. The minimum absolute atomic E-state index is 0.0770. The molecule has 12 heteroatoms. The number of aliphatic hydroxyl groups excluding tert-OH is 1. The average Bonchev–Trinajstić information content (AvgIpc) is 3.47. The molecule has 3 N–H and O–H groups in total. The Labute approximate surface area is 266 Å². The maximum absolute atomic E-state index is 14.4. The van der Waals surface area contributed by atoms with Gasteiger partial charge >= 0.3 is 6.03 Å². The van der Waals surface area contributed by atoms with Crippen LogP contribution in [0.25, 0.3) is 10.9 Å². The molecule has 2 fully saturated rings. The van der Waals surface area contributed by atoms with E-state index in [9.17, 15) is 24.6 Å². The molecule has 46 heavy (non-hydrogen) atoms. The van der Waals surface area contributed by atoms with Gasteiger partial charge in [-0.3, -0.25) is 14.3 Å². The summed E-state index contributed by atoms with van der Waals surface area (Å²) in [4.78, 5) is 45.4. The number of fused-ring (bicyclic) bond motifs is 2. The van der Waals surface area contributed by atoms with Gasteiger partial charge in [-0.1, -0.05) is 66.7 Å². The van der Waals surface area contributed by atoms with E-state index in [1.807, 2.05) is 48.5 Å². The fourth-order valence-corrected chi connectivity index (χ4v) is 6.37. The number of hydrogen-bond donors (Lipinski definition) is 3. The first-order valence-corrected chi connectivity index (χ1v) is 15.3. The fraction of sp³-hybridized carbons (Fsp3) is 0.294. The van der Waals surface area contributed by atoms with E-state index >= 15 is 0 Å². The number of nitrogens with zero attached hydrogens (tertiary/aromatic N) is 6. The maximum Gasteiger partial charge on any atom is 0.334 e. The highest BCUT2D eigenvalue weighted by atomic mass is 16.3. The molecule has 3 aromatic carbocycles. The number of hydrogen-bond acceptors (Lipinski definition) is 7. The monoisotopic (exact) mass is 623 g/mol. The lowest BCUT2D eigenvalue weighted by atomic mass is 9.98. The topological polar surface area (TPSA) is 134 Å². The third-order valence-electron chi connectivity index (χ3n) is 8.45. The Bertz CT molecular complexity index is 1730. The highest BCUT2D eigenvalue weighted by Crippen LogP contribution is 2.31. The van der Waals surface area contributed by atoms with Crippen molar-refractivity contribution in [2.75, 3.05) is 26.2 Å². The number of aromatic hydroxyl groups is 1. The minimum atomic E-state index is -0.896. The van der Waals surface area contributed by atoms with Crippen molar-refractivity contribution in [3.05, 3.63) is 108 Å². The first-order chi connectivity index (χ1) is 22.4. The minimum Gasteiger partial charge on any atom is -0.508 e. The number of phenols is 1. The Morgan fingerprint density at radius 3 is 2.54 bits per heavy atom. The van der Waals surface area contributed by atoms with Gasteiger partial charge < -0.3 is 25.3 Å². The van der Waals surface area contributed by atoms with E-state index < -0.39 is 18.2 Å².